The van der Waals surface area contributed by atoms with Gasteiger partial charge in [0, 0.05) is 37.5 Å². The monoisotopic (exact) mass is 413 g/mol. The van der Waals surface area contributed by atoms with Crippen molar-refractivity contribution in [1.82, 2.24) is 9.88 Å². The van der Waals surface area contributed by atoms with E-state index in [9.17, 15) is 13.6 Å². The Hall–Kier alpha value is -3.58. The van der Waals surface area contributed by atoms with E-state index in [0.717, 1.165) is 6.07 Å². The normalized spacial score (nSPS) is 23.4. The number of halogens is 2. The number of carbonyl (C=O) groups is 1. The molecule has 2 N–H and O–H groups in total. The molecule has 1 saturated heterocycles. The summed E-state index contributed by atoms with van der Waals surface area (Å²) in [5, 5.41) is 9.00. The number of guanidine groups is 1. The highest BCUT2D eigenvalue weighted by atomic mass is 19.1. The minimum Gasteiger partial charge on any atom is -0.436 e. The third-order valence-electron chi connectivity index (χ3n) is 5.30. The van der Waals surface area contributed by atoms with Gasteiger partial charge in [0.05, 0.1) is 24.2 Å². The van der Waals surface area contributed by atoms with Gasteiger partial charge in [0.2, 0.25) is 11.8 Å². The van der Waals surface area contributed by atoms with E-state index in [2.05, 4.69) is 9.98 Å². The van der Waals surface area contributed by atoms with Gasteiger partial charge in [-0.1, -0.05) is 0 Å². The van der Waals surface area contributed by atoms with E-state index in [1.807, 2.05) is 6.07 Å². The molecule has 154 valence electrons. The number of nitriles is 1. The lowest BCUT2D eigenvalue weighted by atomic mass is 9.74. The van der Waals surface area contributed by atoms with Crippen LogP contribution in [0, 0.1) is 28.9 Å². The van der Waals surface area contributed by atoms with E-state index in [1.165, 1.54) is 30.3 Å². The molecule has 0 radical (unpaired) electrons. The molecule has 4 rings (SSSR count). The van der Waals surface area contributed by atoms with Gasteiger partial charge < -0.3 is 15.2 Å². The van der Waals surface area contributed by atoms with Crippen LogP contribution in [0.25, 0.3) is 0 Å². The van der Waals surface area contributed by atoms with Crippen LogP contribution in [0.2, 0.25) is 0 Å². The second-order valence-corrected chi connectivity index (χ2v) is 7.04. The lowest BCUT2D eigenvalue weighted by molar-refractivity contribution is -0.140. The summed E-state index contributed by atoms with van der Waals surface area (Å²) in [5.74, 6) is -3.37. The van der Waals surface area contributed by atoms with Crippen molar-refractivity contribution in [1.29, 1.82) is 5.26 Å². The largest absolute Gasteiger partial charge is 0.436 e. The number of amides is 1. The summed E-state index contributed by atoms with van der Waals surface area (Å²) in [6.45, 7) is 0.209. The number of nitrogens with zero attached hydrogens (tertiary/aromatic N) is 4. The minimum atomic E-state index is -1.44. The van der Waals surface area contributed by atoms with Gasteiger partial charge in [-0.15, -0.1) is 0 Å². The van der Waals surface area contributed by atoms with Gasteiger partial charge >= 0.3 is 0 Å². The number of aliphatic imine (C=N–C) groups is 1. The summed E-state index contributed by atoms with van der Waals surface area (Å²) in [5.41, 5.74) is 4.66. The number of ether oxygens (including phenoxy) is 2. The van der Waals surface area contributed by atoms with E-state index < -0.39 is 23.1 Å². The number of hydrogen-bond acceptors (Lipinski definition) is 7. The fraction of sp³-hybridized carbons (Fsp3) is 0.300. The van der Waals surface area contributed by atoms with Crippen LogP contribution in [0.3, 0.4) is 0 Å². The number of carbonyl (C=O) groups excluding carboxylic acids is 1. The van der Waals surface area contributed by atoms with Gasteiger partial charge in [-0.25, -0.2) is 18.8 Å². The van der Waals surface area contributed by atoms with Crippen molar-refractivity contribution >= 4 is 11.9 Å². The Morgan fingerprint density at radius 2 is 2.17 bits per heavy atom. The summed E-state index contributed by atoms with van der Waals surface area (Å²) < 4.78 is 40.4. The van der Waals surface area contributed by atoms with Gasteiger partial charge in [0.15, 0.2) is 17.5 Å². The smallest absolute Gasteiger partial charge is 0.235 e. The zero-order valence-electron chi connectivity index (χ0n) is 15.9. The van der Waals surface area contributed by atoms with Crippen molar-refractivity contribution in [2.75, 3.05) is 20.3 Å². The molecule has 2 atom stereocenters. The number of benzene rings is 1. The summed E-state index contributed by atoms with van der Waals surface area (Å²) in [4.78, 5) is 22.4. The fourth-order valence-corrected chi connectivity index (χ4v) is 3.74. The molecule has 0 saturated carbocycles. The first-order chi connectivity index (χ1) is 14.4. The molecule has 2 aliphatic rings. The van der Waals surface area contributed by atoms with Gasteiger partial charge in [-0.3, -0.25) is 9.69 Å². The Kier molecular flexibility index (Phi) is 4.83. The molecular formula is C20H17F2N5O3. The van der Waals surface area contributed by atoms with E-state index in [-0.39, 0.29) is 41.2 Å². The van der Waals surface area contributed by atoms with E-state index in [1.54, 1.807) is 0 Å². The highest BCUT2D eigenvalue weighted by Crippen LogP contribution is 2.45. The summed E-state index contributed by atoms with van der Waals surface area (Å²) >= 11 is 0. The van der Waals surface area contributed by atoms with Crippen molar-refractivity contribution in [3.8, 4) is 17.7 Å². The molecular weight excluding hydrogens is 396 g/mol. The lowest BCUT2D eigenvalue weighted by Crippen LogP contribution is -2.58. The Morgan fingerprint density at radius 1 is 1.37 bits per heavy atom. The third-order valence-corrected chi connectivity index (χ3v) is 5.30. The number of hydrogen-bond donors (Lipinski definition) is 1. The van der Waals surface area contributed by atoms with Crippen LogP contribution in [0.1, 0.15) is 17.5 Å². The quantitative estimate of drug-likeness (QED) is 0.824. The number of aromatic nitrogens is 1. The Bertz CT molecular complexity index is 1100. The molecule has 2 unspecified atom stereocenters. The third kappa shape index (κ3) is 3.13. The highest BCUT2D eigenvalue weighted by molar-refractivity contribution is 6.00. The molecule has 1 aromatic carbocycles. The first-order valence-corrected chi connectivity index (χ1v) is 9.10. The summed E-state index contributed by atoms with van der Waals surface area (Å²) in [7, 11) is 1.49. The lowest BCUT2D eigenvalue weighted by Gasteiger charge is -2.45. The molecule has 0 spiro atoms. The van der Waals surface area contributed by atoms with Crippen LogP contribution in [-0.2, 0) is 15.1 Å². The fourth-order valence-electron chi connectivity index (χ4n) is 3.74. The standard InChI is InChI=1S/C20H17F2N5O3/c1-27-18(28)12-3-5-29-10-20(12,26-19(27)24)13-7-16(15(22)8-14(13)21)30-17-6-11(9-23)2-4-25-17/h2,4,6-8,12H,3,5,10H2,1H3,(H2,24,26). The van der Waals surface area contributed by atoms with Crippen molar-refractivity contribution in [3.63, 3.8) is 0 Å². The molecule has 0 aliphatic carbocycles. The van der Waals surface area contributed by atoms with Crippen LogP contribution in [0.5, 0.6) is 11.6 Å². The van der Waals surface area contributed by atoms with Gasteiger partial charge in [-0.2, -0.15) is 5.26 Å². The Balaban J connectivity index is 1.83. The van der Waals surface area contributed by atoms with Crippen molar-refractivity contribution in [3.05, 3.63) is 53.2 Å². The molecule has 8 nitrogen and oxygen atoms in total. The molecule has 30 heavy (non-hydrogen) atoms. The SMILES string of the molecule is CN1C(=O)C2CCOCC2(c2cc(Oc3cc(C#N)ccn3)c(F)cc2F)N=C1N. The van der Waals surface area contributed by atoms with Crippen LogP contribution >= 0.6 is 0 Å². The van der Waals surface area contributed by atoms with Gasteiger partial charge in [0.25, 0.3) is 0 Å². The molecule has 1 amide bonds. The van der Waals surface area contributed by atoms with E-state index in [0.29, 0.717) is 19.1 Å². The molecule has 2 aromatic rings. The first kappa shape index (κ1) is 19.7. The van der Waals surface area contributed by atoms with E-state index >= 15 is 0 Å². The van der Waals surface area contributed by atoms with Gasteiger partial charge in [-0.05, 0) is 18.6 Å². The molecule has 10 heteroatoms. The van der Waals surface area contributed by atoms with Crippen molar-refractivity contribution < 1.29 is 23.0 Å². The predicted molar refractivity (Wildman–Crippen MR) is 100 cm³/mol. The zero-order chi connectivity index (χ0) is 21.5. The number of rotatable bonds is 3. The van der Waals surface area contributed by atoms with Crippen molar-refractivity contribution in [2.45, 2.75) is 12.0 Å². The van der Waals surface area contributed by atoms with Crippen LogP contribution in [0.4, 0.5) is 8.78 Å². The minimum absolute atomic E-state index is 0.0399. The van der Waals surface area contributed by atoms with Gasteiger partial charge in [0.1, 0.15) is 11.4 Å². The molecule has 1 fully saturated rings. The maximum absolute atomic E-state index is 14.9. The van der Waals surface area contributed by atoms with E-state index in [4.69, 9.17) is 20.5 Å². The molecule has 1 aromatic heterocycles. The van der Waals surface area contributed by atoms with Crippen LogP contribution < -0.4 is 10.5 Å². The first-order valence-electron chi connectivity index (χ1n) is 9.10. The second-order valence-electron chi connectivity index (χ2n) is 7.04. The number of fused-ring (bicyclic) bond motifs is 1. The zero-order valence-corrected chi connectivity index (χ0v) is 15.9. The predicted octanol–water partition coefficient (Wildman–Crippen LogP) is 2.04. The molecule has 3 heterocycles. The number of pyridine rings is 1. The highest BCUT2D eigenvalue weighted by Gasteiger charge is 2.53. The average molecular weight is 413 g/mol. The summed E-state index contributed by atoms with van der Waals surface area (Å²) in [6, 6.07) is 6.51. The summed E-state index contributed by atoms with van der Waals surface area (Å²) in [6.07, 6.45) is 1.64. The maximum Gasteiger partial charge on any atom is 0.235 e. The van der Waals surface area contributed by atoms with Crippen LogP contribution in [-0.4, -0.2) is 42.0 Å². The van der Waals surface area contributed by atoms with Crippen molar-refractivity contribution in [2.24, 2.45) is 16.6 Å². The average Bonchev–Trinajstić information content (AvgIpc) is 2.74. The van der Waals surface area contributed by atoms with Crippen LogP contribution in [0.15, 0.2) is 35.5 Å². The Labute approximate surface area is 170 Å². The molecule has 2 aliphatic heterocycles. The topological polar surface area (TPSA) is 114 Å². The Morgan fingerprint density at radius 3 is 2.93 bits per heavy atom. The maximum atomic E-state index is 14.9. The number of nitrogens with two attached hydrogens (primary N) is 1. The second kappa shape index (κ2) is 7.35. The molecule has 0 bridgehead atoms.